The molecule has 0 fully saturated rings. The summed E-state index contributed by atoms with van der Waals surface area (Å²) < 4.78 is 0.841. The van der Waals surface area contributed by atoms with Gasteiger partial charge < -0.3 is 5.32 Å². The summed E-state index contributed by atoms with van der Waals surface area (Å²) in [5, 5.41) is 2.92. The molecular weight excluding hydrogens is 322 g/mol. The molecule has 2 nitrogen and oxygen atoms in total. The van der Waals surface area contributed by atoms with Crippen molar-refractivity contribution < 1.29 is 4.79 Å². The lowest BCUT2D eigenvalue weighted by atomic mass is 10.1. The topological polar surface area (TPSA) is 29.1 Å². The molecule has 0 aliphatic heterocycles. The van der Waals surface area contributed by atoms with Crippen LogP contribution in [0, 0.1) is 6.92 Å². The monoisotopic (exact) mass is 335 g/mol. The number of carbonyl (C=O) groups is 1. The van der Waals surface area contributed by atoms with E-state index in [0.29, 0.717) is 5.56 Å². The molecule has 0 spiro atoms. The van der Waals surface area contributed by atoms with Crippen molar-refractivity contribution in [2.24, 2.45) is 0 Å². The third-order valence-corrected chi connectivity index (χ3v) is 4.54. The Hall–Kier alpha value is -1.26. The van der Waals surface area contributed by atoms with Crippen molar-refractivity contribution in [2.45, 2.75) is 11.8 Å². The summed E-state index contributed by atoms with van der Waals surface area (Å²) in [6, 6.07) is 13.5. The molecule has 0 bridgehead atoms. The van der Waals surface area contributed by atoms with Crippen molar-refractivity contribution >= 4 is 39.3 Å². The van der Waals surface area contributed by atoms with Crippen LogP contribution in [0.3, 0.4) is 0 Å². The van der Waals surface area contributed by atoms with Gasteiger partial charge in [0, 0.05) is 15.1 Å². The number of carbonyl (C=O) groups excluding carboxylic acids is 1. The van der Waals surface area contributed by atoms with Gasteiger partial charge in [-0.25, -0.2) is 0 Å². The van der Waals surface area contributed by atoms with E-state index in [1.165, 1.54) is 0 Å². The maximum atomic E-state index is 12.2. The van der Waals surface area contributed by atoms with Crippen LogP contribution in [0.4, 0.5) is 5.69 Å². The molecule has 98 valence electrons. The zero-order valence-electron chi connectivity index (χ0n) is 10.7. The number of hydrogen-bond donors (Lipinski definition) is 1. The van der Waals surface area contributed by atoms with Gasteiger partial charge in [0.15, 0.2) is 0 Å². The van der Waals surface area contributed by atoms with E-state index in [-0.39, 0.29) is 5.91 Å². The van der Waals surface area contributed by atoms with E-state index in [4.69, 9.17) is 0 Å². The quantitative estimate of drug-likeness (QED) is 0.821. The van der Waals surface area contributed by atoms with E-state index in [1.807, 2.05) is 55.6 Å². The van der Waals surface area contributed by atoms with Crippen LogP contribution in [-0.4, -0.2) is 12.2 Å². The van der Waals surface area contributed by atoms with E-state index >= 15 is 0 Å². The first-order chi connectivity index (χ1) is 9.11. The summed E-state index contributed by atoms with van der Waals surface area (Å²) in [6.07, 6.45) is 2.01. The second kappa shape index (κ2) is 6.26. The second-order valence-corrected chi connectivity index (χ2v) is 5.80. The number of amides is 1. The minimum absolute atomic E-state index is 0.103. The van der Waals surface area contributed by atoms with Gasteiger partial charge in [-0.3, -0.25) is 4.79 Å². The Morgan fingerprint density at radius 2 is 1.95 bits per heavy atom. The fourth-order valence-electron chi connectivity index (χ4n) is 1.72. The predicted octanol–water partition coefficient (Wildman–Crippen LogP) is 4.73. The Morgan fingerprint density at radius 3 is 2.68 bits per heavy atom. The van der Waals surface area contributed by atoms with Crippen LogP contribution >= 0.6 is 27.7 Å². The molecule has 4 heteroatoms. The van der Waals surface area contributed by atoms with Gasteiger partial charge in [-0.2, -0.15) is 0 Å². The maximum Gasteiger partial charge on any atom is 0.256 e. The van der Waals surface area contributed by atoms with Crippen LogP contribution in [0.15, 0.2) is 51.8 Å². The summed E-state index contributed by atoms with van der Waals surface area (Å²) in [5.41, 5.74) is 2.50. The van der Waals surface area contributed by atoms with Crippen molar-refractivity contribution in [3.05, 3.63) is 58.1 Å². The first-order valence-corrected chi connectivity index (χ1v) is 7.84. The molecule has 2 rings (SSSR count). The fraction of sp³-hybridized carbons (Fsp3) is 0.133. The average molecular weight is 336 g/mol. The number of nitrogens with one attached hydrogen (secondary N) is 1. The van der Waals surface area contributed by atoms with Gasteiger partial charge >= 0.3 is 0 Å². The SMILES string of the molecule is CSc1cccc(NC(=O)c2cccc(C)c2Br)c1. The van der Waals surface area contributed by atoms with E-state index < -0.39 is 0 Å². The zero-order valence-corrected chi connectivity index (χ0v) is 13.1. The number of aryl methyl sites for hydroxylation is 1. The summed E-state index contributed by atoms with van der Waals surface area (Å²) in [6.45, 7) is 1.97. The number of thioether (sulfide) groups is 1. The number of hydrogen-bond acceptors (Lipinski definition) is 2. The Labute approximate surface area is 125 Å². The van der Waals surface area contributed by atoms with Gasteiger partial charge in [-0.1, -0.05) is 18.2 Å². The molecule has 0 atom stereocenters. The lowest BCUT2D eigenvalue weighted by Gasteiger charge is -2.09. The fourth-order valence-corrected chi connectivity index (χ4v) is 2.63. The van der Waals surface area contributed by atoms with Gasteiger partial charge in [-0.05, 0) is 58.9 Å². The van der Waals surface area contributed by atoms with Crippen molar-refractivity contribution in [3.8, 4) is 0 Å². The first-order valence-electron chi connectivity index (χ1n) is 5.82. The molecule has 2 aromatic rings. The first kappa shape index (κ1) is 14.2. The second-order valence-electron chi connectivity index (χ2n) is 4.12. The smallest absolute Gasteiger partial charge is 0.256 e. The Bertz CT molecular complexity index is 613. The normalized spacial score (nSPS) is 10.3. The highest BCUT2D eigenvalue weighted by Gasteiger charge is 2.11. The van der Waals surface area contributed by atoms with Crippen molar-refractivity contribution in [3.63, 3.8) is 0 Å². The van der Waals surface area contributed by atoms with Gasteiger partial charge in [0.1, 0.15) is 0 Å². The number of halogens is 1. The summed E-state index contributed by atoms with van der Waals surface area (Å²) in [4.78, 5) is 13.4. The summed E-state index contributed by atoms with van der Waals surface area (Å²) in [7, 11) is 0. The average Bonchev–Trinajstić information content (AvgIpc) is 2.42. The van der Waals surface area contributed by atoms with E-state index in [9.17, 15) is 4.79 Å². The highest BCUT2D eigenvalue weighted by molar-refractivity contribution is 9.10. The highest BCUT2D eigenvalue weighted by atomic mass is 79.9. The van der Waals surface area contributed by atoms with Crippen molar-refractivity contribution in [1.82, 2.24) is 0 Å². The molecule has 2 aromatic carbocycles. The van der Waals surface area contributed by atoms with E-state index in [2.05, 4.69) is 21.2 Å². The molecule has 0 radical (unpaired) electrons. The van der Waals surface area contributed by atoms with Gasteiger partial charge in [0.2, 0.25) is 0 Å². The van der Waals surface area contributed by atoms with Crippen LogP contribution in [0.25, 0.3) is 0 Å². The Balaban J connectivity index is 2.23. The summed E-state index contributed by atoms with van der Waals surface area (Å²) in [5.74, 6) is -0.103. The van der Waals surface area contributed by atoms with Crippen molar-refractivity contribution in [1.29, 1.82) is 0 Å². The highest BCUT2D eigenvalue weighted by Crippen LogP contribution is 2.23. The molecule has 19 heavy (non-hydrogen) atoms. The molecule has 0 aliphatic rings. The molecule has 1 amide bonds. The number of rotatable bonds is 3. The largest absolute Gasteiger partial charge is 0.322 e. The zero-order chi connectivity index (χ0) is 13.8. The third-order valence-electron chi connectivity index (χ3n) is 2.76. The van der Waals surface area contributed by atoms with Crippen LogP contribution in [0.5, 0.6) is 0 Å². The standard InChI is InChI=1S/C15H14BrNOS/c1-10-5-3-8-13(14(10)16)15(18)17-11-6-4-7-12(9-11)19-2/h3-9H,1-2H3,(H,17,18). The lowest BCUT2D eigenvalue weighted by molar-refractivity contribution is 0.102. The van der Waals surface area contributed by atoms with Gasteiger partial charge in [0.25, 0.3) is 5.91 Å². The van der Waals surface area contributed by atoms with E-state index in [0.717, 1.165) is 20.6 Å². The van der Waals surface area contributed by atoms with Crippen LogP contribution in [-0.2, 0) is 0 Å². The van der Waals surface area contributed by atoms with Crippen LogP contribution in [0.2, 0.25) is 0 Å². The minimum atomic E-state index is -0.103. The molecule has 0 heterocycles. The molecule has 0 aliphatic carbocycles. The Morgan fingerprint density at radius 1 is 1.21 bits per heavy atom. The molecule has 1 N–H and O–H groups in total. The molecular formula is C15H14BrNOS. The summed E-state index contributed by atoms with van der Waals surface area (Å²) >= 11 is 5.11. The van der Waals surface area contributed by atoms with Crippen LogP contribution < -0.4 is 5.32 Å². The lowest BCUT2D eigenvalue weighted by Crippen LogP contribution is -2.12. The minimum Gasteiger partial charge on any atom is -0.322 e. The number of anilines is 1. The molecule has 0 aromatic heterocycles. The maximum absolute atomic E-state index is 12.2. The molecule has 0 unspecified atom stereocenters. The number of benzene rings is 2. The van der Waals surface area contributed by atoms with E-state index in [1.54, 1.807) is 11.8 Å². The predicted molar refractivity (Wildman–Crippen MR) is 85.1 cm³/mol. The van der Waals surface area contributed by atoms with Crippen molar-refractivity contribution in [2.75, 3.05) is 11.6 Å². The van der Waals surface area contributed by atoms with Crippen LogP contribution in [0.1, 0.15) is 15.9 Å². The Kier molecular flexibility index (Phi) is 4.66. The van der Waals surface area contributed by atoms with Gasteiger partial charge in [0.05, 0.1) is 5.56 Å². The van der Waals surface area contributed by atoms with Gasteiger partial charge in [-0.15, -0.1) is 11.8 Å². The third kappa shape index (κ3) is 3.39. The molecule has 0 saturated heterocycles. The molecule has 0 saturated carbocycles.